The van der Waals surface area contributed by atoms with Gasteiger partial charge in [0.2, 0.25) is 5.88 Å². The van der Waals surface area contributed by atoms with E-state index >= 15 is 0 Å². The summed E-state index contributed by atoms with van der Waals surface area (Å²) in [6.45, 7) is 2.69. The van der Waals surface area contributed by atoms with Crippen molar-refractivity contribution in [1.29, 1.82) is 0 Å². The van der Waals surface area contributed by atoms with Crippen LogP contribution < -0.4 is 11.2 Å². The number of imidazole rings is 1. The van der Waals surface area contributed by atoms with E-state index in [0.29, 0.717) is 17.4 Å². The largest absolute Gasteiger partial charge is 0.493 e. The maximum absolute atomic E-state index is 12.6. The zero-order valence-electron chi connectivity index (χ0n) is 18.6. The van der Waals surface area contributed by atoms with E-state index in [-0.39, 0.29) is 28.7 Å². The number of benzene rings is 1. The summed E-state index contributed by atoms with van der Waals surface area (Å²) in [4.78, 5) is 34.3. The van der Waals surface area contributed by atoms with Crippen LogP contribution in [0.4, 0.5) is 11.6 Å². The number of aryl methyl sites for hydroxylation is 2. The van der Waals surface area contributed by atoms with E-state index < -0.39 is 11.2 Å². The average molecular weight is 516 g/mol. The molecule has 0 bridgehead atoms. The van der Waals surface area contributed by atoms with Gasteiger partial charge in [-0.3, -0.25) is 14.3 Å². The number of azo groups is 1. The quantitative estimate of drug-likeness (QED) is 0.210. The minimum absolute atomic E-state index is 0.115. The van der Waals surface area contributed by atoms with Gasteiger partial charge in [-0.05, 0) is 24.6 Å². The van der Waals surface area contributed by atoms with Gasteiger partial charge in [0.1, 0.15) is 0 Å². The Hall–Kier alpha value is -3.21. The summed E-state index contributed by atoms with van der Waals surface area (Å²) < 4.78 is 3.81. The lowest BCUT2D eigenvalue weighted by atomic mass is 10.1. The van der Waals surface area contributed by atoms with Gasteiger partial charge >= 0.3 is 5.69 Å². The molecule has 174 valence electrons. The van der Waals surface area contributed by atoms with E-state index in [1.165, 1.54) is 23.8 Å². The molecule has 10 nitrogen and oxygen atoms in total. The number of H-pyrrole nitrogens is 2. The van der Waals surface area contributed by atoms with Crippen molar-refractivity contribution in [1.82, 2.24) is 24.1 Å². The molecule has 0 saturated heterocycles. The summed E-state index contributed by atoms with van der Waals surface area (Å²) in [6.07, 6.45) is 6.53. The van der Waals surface area contributed by atoms with Crippen molar-refractivity contribution in [3.63, 3.8) is 0 Å². The van der Waals surface area contributed by atoms with Crippen LogP contribution in [0.5, 0.6) is 5.88 Å². The molecule has 0 aliphatic rings. The third kappa shape index (κ3) is 4.63. The molecule has 0 atom stereocenters. The maximum atomic E-state index is 12.6. The SMILES string of the molecule is CCCCCCCCn1c(N=Nc2c(O)[nH]c3ccc(Br)cc23)nc2c1c(=O)[nH]c(=O)n2C. The zero-order valence-corrected chi connectivity index (χ0v) is 20.1. The molecule has 0 unspecified atom stereocenters. The topological polar surface area (TPSA) is 133 Å². The number of hydrogen-bond donors (Lipinski definition) is 3. The highest BCUT2D eigenvalue weighted by Gasteiger charge is 2.18. The third-order valence-corrected chi connectivity index (χ3v) is 6.17. The number of unbranched alkanes of at least 4 members (excludes halogenated alkanes) is 5. The molecule has 11 heteroatoms. The Bertz CT molecular complexity index is 1440. The number of hydrogen-bond acceptors (Lipinski definition) is 6. The number of rotatable bonds is 9. The van der Waals surface area contributed by atoms with Gasteiger partial charge in [0.05, 0.1) is 5.52 Å². The number of aromatic amines is 2. The monoisotopic (exact) mass is 515 g/mol. The Morgan fingerprint density at radius 3 is 2.64 bits per heavy atom. The Kier molecular flexibility index (Phi) is 6.77. The van der Waals surface area contributed by atoms with Crippen molar-refractivity contribution < 1.29 is 5.11 Å². The van der Waals surface area contributed by atoms with Crippen LogP contribution in [-0.2, 0) is 13.6 Å². The molecule has 4 aromatic rings. The lowest BCUT2D eigenvalue weighted by Gasteiger charge is -2.06. The Morgan fingerprint density at radius 2 is 1.85 bits per heavy atom. The van der Waals surface area contributed by atoms with E-state index in [2.05, 4.69) is 48.0 Å². The normalized spacial score (nSPS) is 12.0. The number of nitrogens with one attached hydrogen (secondary N) is 2. The summed E-state index contributed by atoms with van der Waals surface area (Å²) >= 11 is 3.43. The van der Waals surface area contributed by atoms with Crippen LogP contribution >= 0.6 is 15.9 Å². The molecule has 0 spiro atoms. The summed E-state index contributed by atoms with van der Waals surface area (Å²) in [5, 5.41) is 19.6. The van der Waals surface area contributed by atoms with E-state index in [0.717, 1.165) is 23.7 Å². The van der Waals surface area contributed by atoms with E-state index in [1.54, 1.807) is 11.6 Å². The van der Waals surface area contributed by atoms with Gasteiger partial charge in [-0.25, -0.2) is 4.79 Å². The second-order valence-electron chi connectivity index (χ2n) is 8.03. The first-order valence-corrected chi connectivity index (χ1v) is 11.8. The van der Waals surface area contributed by atoms with Crippen molar-refractivity contribution in [3.05, 3.63) is 43.5 Å². The average Bonchev–Trinajstić information content (AvgIpc) is 3.30. The van der Waals surface area contributed by atoms with E-state index in [9.17, 15) is 14.7 Å². The van der Waals surface area contributed by atoms with Gasteiger partial charge in [-0.2, -0.15) is 4.98 Å². The fourth-order valence-electron chi connectivity index (χ4n) is 3.89. The molecule has 0 fully saturated rings. The highest BCUT2D eigenvalue weighted by molar-refractivity contribution is 9.10. The number of nitrogens with zero attached hydrogens (tertiary/aromatic N) is 5. The predicted molar refractivity (Wildman–Crippen MR) is 131 cm³/mol. The van der Waals surface area contributed by atoms with Crippen LogP contribution in [0, 0.1) is 0 Å². The van der Waals surface area contributed by atoms with Gasteiger partial charge < -0.3 is 14.7 Å². The fourth-order valence-corrected chi connectivity index (χ4v) is 4.25. The van der Waals surface area contributed by atoms with Crippen LogP contribution in [-0.4, -0.2) is 29.2 Å². The second kappa shape index (κ2) is 9.74. The van der Waals surface area contributed by atoms with Gasteiger partial charge in [0.25, 0.3) is 11.5 Å². The Morgan fingerprint density at radius 1 is 1.09 bits per heavy atom. The molecule has 3 heterocycles. The van der Waals surface area contributed by atoms with Crippen molar-refractivity contribution in [2.45, 2.75) is 52.0 Å². The summed E-state index contributed by atoms with van der Waals surface area (Å²) in [5.74, 6) is 0.0877. The van der Waals surface area contributed by atoms with Crippen LogP contribution in [0.3, 0.4) is 0 Å². The highest BCUT2D eigenvalue weighted by atomic mass is 79.9. The molecule has 1 aromatic carbocycles. The molecular formula is C22H26BrN7O3. The minimum Gasteiger partial charge on any atom is -0.493 e. The Balaban J connectivity index is 1.74. The van der Waals surface area contributed by atoms with Crippen LogP contribution in [0.25, 0.3) is 22.1 Å². The van der Waals surface area contributed by atoms with Crippen LogP contribution in [0.2, 0.25) is 0 Å². The summed E-state index contributed by atoms with van der Waals surface area (Å²) in [7, 11) is 1.55. The molecule has 0 aliphatic heterocycles. The standard InChI is InChI=1S/C22H26BrN7O3/c1-3-4-5-6-7-8-11-30-17-18(29(2)22(33)26-20(17)32)25-21(30)28-27-16-14-12-13(23)9-10-15(14)24-19(16)31/h9-10,12,24,31H,3-8,11H2,1-2H3,(H,26,32,33). The van der Waals surface area contributed by atoms with Gasteiger partial charge in [0, 0.05) is 23.5 Å². The van der Waals surface area contributed by atoms with Crippen LogP contribution in [0.1, 0.15) is 45.4 Å². The molecule has 0 saturated carbocycles. The summed E-state index contributed by atoms with van der Waals surface area (Å²) in [5.41, 5.74) is 0.461. The number of halogens is 1. The van der Waals surface area contributed by atoms with Crippen LogP contribution in [0.15, 0.2) is 42.5 Å². The molecule has 4 rings (SSSR count). The third-order valence-electron chi connectivity index (χ3n) is 5.68. The van der Waals surface area contributed by atoms with E-state index in [1.807, 2.05) is 18.2 Å². The second-order valence-corrected chi connectivity index (χ2v) is 8.95. The number of aromatic nitrogens is 5. The lowest BCUT2D eigenvalue weighted by molar-refractivity contribution is 0.459. The maximum Gasteiger partial charge on any atom is 0.329 e. The lowest BCUT2D eigenvalue weighted by Crippen LogP contribution is -2.29. The van der Waals surface area contributed by atoms with Crippen molar-refractivity contribution in [3.8, 4) is 5.88 Å². The van der Waals surface area contributed by atoms with Gasteiger partial charge in [0.15, 0.2) is 16.9 Å². The molecule has 3 N–H and O–H groups in total. The predicted octanol–water partition coefficient (Wildman–Crippen LogP) is 5.15. The molecule has 33 heavy (non-hydrogen) atoms. The molecule has 3 aromatic heterocycles. The van der Waals surface area contributed by atoms with Crippen molar-refractivity contribution in [2.75, 3.05) is 0 Å². The zero-order chi connectivity index (χ0) is 23.5. The summed E-state index contributed by atoms with van der Waals surface area (Å²) in [6, 6.07) is 5.50. The smallest absolute Gasteiger partial charge is 0.329 e. The van der Waals surface area contributed by atoms with Crippen molar-refractivity contribution >= 4 is 49.6 Å². The Labute approximate surface area is 197 Å². The van der Waals surface area contributed by atoms with Crippen molar-refractivity contribution in [2.24, 2.45) is 17.3 Å². The van der Waals surface area contributed by atoms with E-state index in [4.69, 9.17) is 0 Å². The first kappa shape index (κ1) is 23.0. The fraction of sp³-hybridized carbons (Fsp3) is 0.409. The molecule has 0 radical (unpaired) electrons. The molecule has 0 amide bonds. The van der Waals surface area contributed by atoms with Gasteiger partial charge in [-0.15, -0.1) is 10.2 Å². The minimum atomic E-state index is -0.542. The number of fused-ring (bicyclic) bond motifs is 2. The number of aromatic hydroxyl groups is 1. The first-order chi connectivity index (χ1) is 15.9. The molecule has 0 aliphatic carbocycles. The van der Waals surface area contributed by atoms with Gasteiger partial charge in [-0.1, -0.05) is 55.0 Å². The highest BCUT2D eigenvalue weighted by Crippen LogP contribution is 2.37. The molecular weight excluding hydrogens is 490 g/mol. The first-order valence-electron chi connectivity index (χ1n) is 11.0.